The number of halogens is 1. The summed E-state index contributed by atoms with van der Waals surface area (Å²) >= 11 is 0. The molecule has 2 aromatic rings. The minimum atomic E-state index is -0.611. The SMILES string of the molecule is Cc1cc(C(=O)Nc2cc(O)ccc2F)n(C)n1. The van der Waals surface area contributed by atoms with Gasteiger partial charge in [0.05, 0.1) is 11.4 Å². The summed E-state index contributed by atoms with van der Waals surface area (Å²) in [6.07, 6.45) is 0. The number of aromatic hydroxyl groups is 1. The number of hydrogen-bond acceptors (Lipinski definition) is 3. The smallest absolute Gasteiger partial charge is 0.274 e. The minimum Gasteiger partial charge on any atom is -0.508 e. The van der Waals surface area contributed by atoms with Gasteiger partial charge in [-0.2, -0.15) is 5.10 Å². The Morgan fingerprint density at radius 2 is 2.17 bits per heavy atom. The van der Waals surface area contributed by atoms with Crippen LogP contribution in [0.15, 0.2) is 24.3 Å². The molecule has 0 radical (unpaired) electrons. The number of nitrogens with one attached hydrogen (secondary N) is 1. The molecule has 1 aromatic heterocycles. The molecule has 18 heavy (non-hydrogen) atoms. The Hall–Kier alpha value is -2.37. The summed E-state index contributed by atoms with van der Waals surface area (Å²) in [6.45, 7) is 1.76. The van der Waals surface area contributed by atoms with Crippen molar-refractivity contribution in [3.63, 3.8) is 0 Å². The van der Waals surface area contributed by atoms with Crippen LogP contribution in [-0.2, 0) is 7.05 Å². The summed E-state index contributed by atoms with van der Waals surface area (Å²) < 4.78 is 14.8. The second-order valence-electron chi connectivity index (χ2n) is 3.91. The standard InChI is InChI=1S/C12H12FN3O2/c1-7-5-11(16(2)15-7)12(18)14-10-6-8(17)3-4-9(10)13/h3-6,17H,1-2H3,(H,14,18). The number of amides is 1. The van der Waals surface area contributed by atoms with Crippen molar-refractivity contribution >= 4 is 11.6 Å². The van der Waals surface area contributed by atoms with Gasteiger partial charge in [0.15, 0.2) is 0 Å². The first-order chi connectivity index (χ1) is 8.47. The van der Waals surface area contributed by atoms with Crippen molar-refractivity contribution in [1.29, 1.82) is 0 Å². The molecule has 5 nitrogen and oxygen atoms in total. The molecule has 0 fully saturated rings. The fourth-order valence-corrected chi connectivity index (χ4v) is 1.62. The highest BCUT2D eigenvalue weighted by Crippen LogP contribution is 2.20. The number of phenols is 1. The molecule has 94 valence electrons. The zero-order chi connectivity index (χ0) is 13.3. The average Bonchev–Trinajstić information content (AvgIpc) is 2.63. The number of carbonyl (C=O) groups is 1. The second-order valence-corrected chi connectivity index (χ2v) is 3.91. The average molecular weight is 249 g/mol. The molecule has 0 aliphatic rings. The lowest BCUT2D eigenvalue weighted by atomic mass is 10.2. The fourth-order valence-electron chi connectivity index (χ4n) is 1.62. The third-order valence-corrected chi connectivity index (χ3v) is 2.43. The van der Waals surface area contributed by atoms with Gasteiger partial charge in [-0.3, -0.25) is 9.48 Å². The minimum absolute atomic E-state index is 0.0705. The molecular formula is C12H12FN3O2. The topological polar surface area (TPSA) is 67.2 Å². The van der Waals surface area contributed by atoms with Gasteiger partial charge in [-0.05, 0) is 25.1 Å². The molecule has 0 saturated carbocycles. The van der Waals surface area contributed by atoms with Crippen molar-refractivity contribution in [2.24, 2.45) is 7.05 Å². The van der Waals surface area contributed by atoms with E-state index in [0.29, 0.717) is 11.4 Å². The highest BCUT2D eigenvalue weighted by molar-refractivity contribution is 6.03. The molecule has 1 heterocycles. The number of hydrogen-bond donors (Lipinski definition) is 2. The number of carbonyl (C=O) groups excluding carboxylic acids is 1. The van der Waals surface area contributed by atoms with Gasteiger partial charge in [-0.15, -0.1) is 0 Å². The van der Waals surface area contributed by atoms with E-state index in [9.17, 15) is 14.3 Å². The number of anilines is 1. The molecule has 0 unspecified atom stereocenters. The van der Waals surface area contributed by atoms with Crippen LogP contribution in [0.1, 0.15) is 16.2 Å². The van der Waals surface area contributed by atoms with Crippen LogP contribution in [-0.4, -0.2) is 20.8 Å². The Balaban J connectivity index is 2.26. The van der Waals surface area contributed by atoms with Crippen LogP contribution in [0.5, 0.6) is 5.75 Å². The Morgan fingerprint density at radius 1 is 1.44 bits per heavy atom. The molecule has 0 aliphatic carbocycles. The normalized spacial score (nSPS) is 10.4. The molecule has 6 heteroatoms. The molecular weight excluding hydrogens is 237 g/mol. The lowest BCUT2D eigenvalue weighted by Crippen LogP contribution is -2.16. The van der Waals surface area contributed by atoms with Crippen molar-refractivity contribution < 1.29 is 14.3 Å². The highest BCUT2D eigenvalue weighted by Gasteiger charge is 2.14. The Kier molecular flexibility index (Phi) is 3.01. The Morgan fingerprint density at radius 3 is 2.78 bits per heavy atom. The van der Waals surface area contributed by atoms with Crippen molar-refractivity contribution in [3.8, 4) is 5.75 Å². The van der Waals surface area contributed by atoms with Gasteiger partial charge in [0.2, 0.25) is 0 Å². The van der Waals surface area contributed by atoms with Crippen molar-refractivity contribution in [2.75, 3.05) is 5.32 Å². The third-order valence-electron chi connectivity index (χ3n) is 2.43. The highest BCUT2D eigenvalue weighted by atomic mass is 19.1. The van der Waals surface area contributed by atoms with Gasteiger partial charge in [-0.1, -0.05) is 0 Å². The van der Waals surface area contributed by atoms with Gasteiger partial charge in [0.25, 0.3) is 5.91 Å². The van der Waals surface area contributed by atoms with E-state index in [1.165, 1.54) is 10.7 Å². The van der Waals surface area contributed by atoms with Gasteiger partial charge < -0.3 is 10.4 Å². The van der Waals surface area contributed by atoms with Crippen molar-refractivity contribution in [3.05, 3.63) is 41.5 Å². The molecule has 0 atom stereocenters. The van der Waals surface area contributed by atoms with Gasteiger partial charge >= 0.3 is 0 Å². The van der Waals surface area contributed by atoms with Gasteiger partial charge in [0.1, 0.15) is 17.3 Å². The third kappa shape index (κ3) is 2.32. The maximum absolute atomic E-state index is 13.4. The molecule has 2 rings (SSSR count). The number of rotatable bonds is 2. The lowest BCUT2D eigenvalue weighted by Gasteiger charge is -2.06. The number of benzene rings is 1. The van der Waals surface area contributed by atoms with Crippen LogP contribution < -0.4 is 5.32 Å². The maximum Gasteiger partial charge on any atom is 0.274 e. The predicted molar refractivity (Wildman–Crippen MR) is 64.0 cm³/mol. The van der Waals surface area contributed by atoms with E-state index in [1.807, 2.05) is 0 Å². The molecule has 0 aliphatic heterocycles. The summed E-state index contributed by atoms with van der Waals surface area (Å²) in [5.74, 6) is -1.21. The van der Waals surface area contributed by atoms with Crippen LogP contribution in [0.2, 0.25) is 0 Å². The van der Waals surface area contributed by atoms with Crippen LogP contribution in [0.25, 0.3) is 0 Å². The van der Waals surface area contributed by atoms with E-state index in [4.69, 9.17) is 0 Å². The Labute approximate surface area is 103 Å². The van der Waals surface area contributed by atoms with Gasteiger partial charge in [0, 0.05) is 13.1 Å². The zero-order valence-electron chi connectivity index (χ0n) is 9.94. The van der Waals surface area contributed by atoms with E-state index in [-0.39, 0.29) is 11.4 Å². The predicted octanol–water partition coefficient (Wildman–Crippen LogP) is 1.83. The Bertz CT molecular complexity index is 607. The number of aryl methyl sites for hydroxylation is 2. The van der Waals surface area contributed by atoms with Crippen molar-refractivity contribution in [1.82, 2.24) is 9.78 Å². The summed E-state index contributed by atoms with van der Waals surface area (Å²) in [5, 5.41) is 15.7. The van der Waals surface area contributed by atoms with E-state index in [0.717, 1.165) is 12.1 Å². The quantitative estimate of drug-likeness (QED) is 0.853. The number of phenolic OH excluding ortho intramolecular Hbond substituents is 1. The summed E-state index contributed by atoms with van der Waals surface area (Å²) in [4.78, 5) is 11.9. The lowest BCUT2D eigenvalue weighted by molar-refractivity contribution is 0.101. The van der Waals surface area contributed by atoms with E-state index in [1.54, 1.807) is 20.0 Å². The zero-order valence-corrected chi connectivity index (χ0v) is 9.94. The molecule has 1 aromatic carbocycles. The summed E-state index contributed by atoms with van der Waals surface area (Å²) in [6, 6.07) is 5.03. The van der Waals surface area contributed by atoms with Crippen LogP contribution >= 0.6 is 0 Å². The van der Waals surface area contributed by atoms with E-state index < -0.39 is 11.7 Å². The van der Waals surface area contributed by atoms with Crippen LogP contribution in [0.3, 0.4) is 0 Å². The van der Waals surface area contributed by atoms with Crippen molar-refractivity contribution in [2.45, 2.75) is 6.92 Å². The molecule has 0 saturated heterocycles. The maximum atomic E-state index is 13.4. The monoisotopic (exact) mass is 249 g/mol. The van der Waals surface area contributed by atoms with E-state index >= 15 is 0 Å². The van der Waals surface area contributed by atoms with E-state index in [2.05, 4.69) is 10.4 Å². The first-order valence-corrected chi connectivity index (χ1v) is 5.28. The first kappa shape index (κ1) is 12.1. The molecule has 0 spiro atoms. The molecule has 0 bridgehead atoms. The summed E-state index contributed by atoms with van der Waals surface area (Å²) in [7, 11) is 1.63. The van der Waals surface area contributed by atoms with Gasteiger partial charge in [-0.25, -0.2) is 4.39 Å². The van der Waals surface area contributed by atoms with Crippen LogP contribution in [0, 0.1) is 12.7 Å². The first-order valence-electron chi connectivity index (χ1n) is 5.28. The number of aromatic nitrogens is 2. The molecule has 2 N–H and O–H groups in total. The van der Waals surface area contributed by atoms with Crippen LogP contribution in [0.4, 0.5) is 10.1 Å². The second kappa shape index (κ2) is 4.48. The largest absolute Gasteiger partial charge is 0.508 e. The molecule has 1 amide bonds. The fraction of sp³-hybridized carbons (Fsp3) is 0.167. The summed E-state index contributed by atoms with van der Waals surface area (Å²) in [5.41, 5.74) is 0.938. The number of nitrogens with zero attached hydrogens (tertiary/aromatic N) is 2.